The van der Waals surface area contributed by atoms with Gasteiger partial charge in [-0.05, 0) is 70.4 Å². The van der Waals surface area contributed by atoms with Crippen molar-refractivity contribution >= 4 is 23.4 Å². The third-order valence-electron chi connectivity index (χ3n) is 9.68. The minimum atomic E-state index is -1.24. The van der Waals surface area contributed by atoms with Crippen LogP contribution in [0.1, 0.15) is 52.1 Å². The predicted molar refractivity (Wildman–Crippen MR) is 173 cm³/mol. The number of nitrogens with zero attached hydrogens (tertiary/aromatic N) is 3. The number of carbonyl (C=O) groups excluding carboxylic acids is 3. The molecule has 9 nitrogen and oxygen atoms in total. The highest BCUT2D eigenvalue weighted by Crippen LogP contribution is 2.64. The molecule has 9 heteroatoms. The molecule has 240 valence electrons. The fourth-order valence-corrected chi connectivity index (χ4v) is 7.74. The van der Waals surface area contributed by atoms with Crippen molar-refractivity contribution in [1.29, 1.82) is 0 Å². The smallest absolute Gasteiger partial charge is 0.248 e. The molecule has 0 aliphatic carbocycles. The molecule has 2 aromatic rings. The Balaban J connectivity index is 1.62. The van der Waals surface area contributed by atoms with Crippen LogP contribution in [-0.2, 0) is 19.1 Å². The number of amides is 3. The Bertz CT molecular complexity index is 1430. The van der Waals surface area contributed by atoms with Crippen LogP contribution in [0.25, 0.3) is 0 Å². The molecule has 2 unspecified atom stereocenters. The molecule has 0 aromatic heterocycles. The minimum Gasteiger partial charge on any atom is -0.494 e. The molecule has 45 heavy (non-hydrogen) atoms. The van der Waals surface area contributed by atoms with Gasteiger partial charge in [-0.15, -0.1) is 13.2 Å². The topological polar surface area (TPSA) is 99.6 Å². The SMILES string of the molecule is C=CCN(C(=O)[C@H]1[C@H]2C(=O)N([C@H](CO)c3ccccc3)C(C(=O)N(CC=C)C(C)C)C23CC[C@]1(C)O3)c1ccc(OCC)cc1. The lowest BCUT2D eigenvalue weighted by Crippen LogP contribution is -2.58. The first-order valence-corrected chi connectivity index (χ1v) is 15.8. The number of ether oxygens (including phenoxy) is 2. The van der Waals surface area contributed by atoms with E-state index in [1.807, 2.05) is 82.3 Å². The van der Waals surface area contributed by atoms with E-state index >= 15 is 0 Å². The van der Waals surface area contributed by atoms with Gasteiger partial charge in [0.15, 0.2) is 0 Å². The van der Waals surface area contributed by atoms with Gasteiger partial charge in [-0.3, -0.25) is 14.4 Å². The average Bonchev–Trinajstić information content (AvgIpc) is 3.60. The summed E-state index contributed by atoms with van der Waals surface area (Å²) in [6.45, 7) is 16.0. The number of aliphatic hydroxyl groups is 1. The lowest BCUT2D eigenvalue weighted by molar-refractivity contribution is -0.155. The van der Waals surface area contributed by atoms with Crippen molar-refractivity contribution in [2.24, 2.45) is 11.8 Å². The Labute approximate surface area is 266 Å². The third kappa shape index (κ3) is 5.36. The molecule has 3 aliphatic heterocycles. The van der Waals surface area contributed by atoms with Gasteiger partial charge in [0.1, 0.15) is 17.4 Å². The van der Waals surface area contributed by atoms with Crippen molar-refractivity contribution in [3.8, 4) is 5.75 Å². The lowest BCUT2D eigenvalue weighted by Gasteiger charge is -2.40. The van der Waals surface area contributed by atoms with E-state index in [9.17, 15) is 19.5 Å². The fourth-order valence-electron chi connectivity index (χ4n) is 7.74. The molecular weight excluding hydrogens is 570 g/mol. The van der Waals surface area contributed by atoms with Crippen LogP contribution >= 0.6 is 0 Å². The summed E-state index contributed by atoms with van der Waals surface area (Å²) in [5, 5.41) is 10.8. The maximum absolute atomic E-state index is 14.8. The molecule has 6 atom stereocenters. The molecule has 0 radical (unpaired) electrons. The summed E-state index contributed by atoms with van der Waals surface area (Å²) in [4.78, 5) is 49.0. The normalized spacial score (nSPS) is 27.3. The van der Waals surface area contributed by atoms with Crippen molar-refractivity contribution in [3.05, 3.63) is 85.5 Å². The molecule has 3 aliphatic rings. The fraction of sp³-hybridized carbons (Fsp3) is 0.472. The van der Waals surface area contributed by atoms with Gasteiger partial charge in [0.2, 0.25) is 17.7 Å². The second-order valence-electron chi connectivity index (χ2n) is 12.6. The van der Waals surface area contributed by atoms with Gasteiger partial charge in [-0.25, -0.2) is 0 Å². The summed E-state index contributed by atoms with van der Waals surface area (Å²) < 4.78 is 12.5. The lowest BCUT2D eigenvalue weighted by atomic mass is 9.66. The Morgan fingerprint density at radius 3 is 2.31 bits per heavy atom. The average molecular weight is 616 g/mol. The van der Waals surface area contributed by atoms with E-state index in [1.165, 1.54) is 4.90 Å². The highest BCUT2D eigenvalue weighted by atomic mass is 16.5. The summed E-state index contributed by atoms with van der Waals surface area (Å²) >= 11 is 0. The van der Waals surface area contributed by atoms with Gasteiger partial charge in [-0.2, -0.15) is 0 Å². The first kappa shape index (κ1) is 32.4. The first-order valence-electron chi connectivity index (χ1n) is 15.8. The molecule has 3 heterocycles. The Kier molecular flexibility index (Phi) is 9.23. The second kappa shape index (κ2) is 12.8. The van der Waals surface area contributed by atoms with Gasteiger partial charge in [0, 0.05) is 24.8 Å². The first-order chi connectivity index (χ1) is 21.6. The summed E-state index contributed by atoms with van der Waals surface area (Å²) in [7, 11) is 0. The number of rotatable bonds is 13. The van der Waals surface area contributed by atoms with E-state index < -0.39 is 41.7 Å². The van der Waals surface area contributed by atoms with Crippen molar-refractivity contribution in [2.45, 2.75) is 69.9 Å². The quantitative estimate of drug-likeness (QED) is 0.333. The maximum atomic E-state index is 14.8. The van der Waals surface area contributed by atoms with Gasteiger partial charge in [-0.1, -0.05) is 42.5 Å². The van der Waals surface area contributed by atoms with Crippen LogP contribution in [0.3, 0.4) is 0 Å². The predicted octanol–water partition coefficient (Wildman–Crippen LogP) is 4.53. The third-order valence-corrected chi connectivity index (χ3v) is 9.68. The van der Waals surface area contributed by atoms with Gasteiger partial charge in [0.05, 0.1) is 36.7 Å². The van der Waals surface area contributed by atoms with Crippen molar-refractivity contribution in [1.82, 2.24) is 9.80 Å². The number of aliphatic hydroxyl groups excluding tert-OH is 1. The number of benzene rings is 2. The van der Waals surface area contributed by atoms with Gasteiger partial charge < -0.3 is 29.3 Å². The number of anilines is 1. The maximum Gasteiger partial charge on any atom is 0.248 e. The summed E-state index contributed by atoms with van der Waals surface area (Å²) in [6, 6.07) is 14.5. The van der Waals surface area contributed by atoms with Crippen LogP contribution in [0.4, 0.5) is 5.69 Å². The number of hydrogen-bond donors (Lipinski definition) is 1. The van der Waals surface area contributed by atoms with E-state index in [2.05, 4.69) is 13.2 Å². The van der Waals surface area contributed by atoms with Crippen LogP contribution in [0.15, 0.2) is 79.9 Å². The van der Waals surface area contributed by atoms with E-state index in [0.29, 0.717) is 36.4 Å². The number of carbonyl (C=O) groups is 3. The van der Waals surface area contributed by atoms with Crippen molar-refractivity contribution < 1.29 is 29.0 Å². The van der Waals surface area contributed by atoms with Crippen LogP contribution in [0, 0.1) is 11.8 Å². The van der Waals surface area contributed by atoms with Crippen LogP contribution in [0.5, 0.6) is 5.75 Å². The molecule has 3 saturated heterocycles. The molecule has 3 amide bonds. The molecule has 2 bridgehead atoms. The van der Waals surface area contributed by atoms with E-state index in [4.69, 9.17) is 9.47 Å². The Morgan fingerprint density at radius 1 is 1.07 bits per heavy atom. The molecular formula is C36H45N3O6. The van der Waals surface area contributed by atoms with Gasteiger partial charge >= 0.3 is 0 Å². The minimum absolute atomic E-state index is 0.179. The van der Waals surface area contributed by atoms with Crippen LogP contribution in [0.2, 0.25) is 0 Å². The molecule has 5 rings (SSSR count). The zero-order valence-electron chi connectivity index (χ0n) is 26.7. The standard InChI is InChI=1S/C36H45N3O6/c1-7-21-37(24(4)5)34(43)31-36-20-19-35(6,45-36)29(30(36)33(42)39(31)28(23-40)25-13-11-10-12-14-25)32(41)38(22-8-2)26-15-17-27(18-16-26)44-9-3/h7-8,10-18,24,28-31,40H,1-2,9,19-23H2,3-6H3/t28-,29-,30+,31?,35+,36?/m1/s1. The van der Waals surface area contributed by atoms with Crippen LogP contribution in [-0.4, -0.2) is 82.2 Å². The molecule has 2 aromatic carbocycles. The summed E-state index contributed by atoms with van der Waals surface area (Å²) in [5.74, 6) is -1.97. The zero-order chi connectivity index (χ0) is 32.5. The Hall–Kier alpha value is -3.95. The van der Waals surface area contributed by atoms with E-state index in [1.54, 1.807) is 22.0 Å². The highest BCUT2D eigenvalue weighted by Gasteiger charge is 2.79. The van der Waals surface area contributed by atoms with E-state index in [0.717, 1.165) is 0 Å². The summed E-state index contributed by atoms with van der Waals surface area (Å²) in [5.41, 5.74) is -0.852. The zero-order valence-corrected chi connectivity index (χ0v) is 26.7. The largest absolute Gasteiger partial charge is 0.494 e. The number of fused-ring (bicyclic) bond motifs is 1. The van der Waals surface area contributed by atoms with Crippen LogP contribution < -0.4 is 9.64 Å². The Morgan fingerprint density at radius 2 is 1.73 bits per heavy atom. The highest BCUT2D eigenvalue weighted by molar-refractivity contribution is 6.03. The van der Waals surface area contributed by atoms with Crippen molar-refractivity contribution in [2.75, 3.05) is 31.2 Å². The van der Waals surface area contributed by atoms with Gasteiger partial charge in [0.25, 0.3) is 0 Å². The molecule has 1 spiro atoms. The monoisotopic (exact) mass is 615 g/mol. The van der Waals surface area contributed by atoms with E-state index in [-0.39, 0.29) is 36.9 Å². The molecule has 3 fully saturated rings. The van der Waals surface area contributed by atoms with Crippen molar-refractivity contribution in [3.63, 3.8) is 0 Å². The summed E-state index contributed by atoms with van der Waals surface area (Å²) in [6.07, 6.45) is 4.27. The second-order valence-corrected chi connectivity index (χ2v) is 12.6. The molecule has 1 N–H and O–H groups in total. The number of likely N-dealkylation sites (tertiary alicyclic amines) is 1. The molecule has 0 saturated carbocycles. The number of hydrogen-bond acceptors (Lipinski definition) is 6.